The average Bonchev–Trinajstić information content (AvgIpc) is 3.18. The highest BCUT2D eigenvalue weighted by atomic mass is 32.2. The van der Waals surface area contributed by atoms with Crippen molar-refractivity contribution in [1.29, 1.82) is 0 Å². The zero-order valence-corrected chi connectivity index (χ0v) is 15.5. The number of hydrogen-bond acceptors (Lipinski definition) is 3. The summed E-state index contributed by atoms with van der Waals surface area (Å²) >= 11 is 0. The average molecular weight is 391 g/mol. The zero-order valence-electron chi connectivity index (χ0n) is 14.7. The summed E-state index contributed by atoms with van der Waals surface area (Å²) in [6.07, 6.45) is 1.80. The van der Waals surface area contributed by atoms with E-state index in [-0.39, 0.29) is 10.8 Å². The van der Waals surface area contributed by atoms with Gasteiger partial charge >= 0.3 is 0 Å². The Bertz CT molecular complexity index is 1250. The highest BCUT2D eigenvalue weighted by Gasteiger charge is 2.15. The first-order chi connectivity index (χ1) is 13.5. The van der Waals surface area contributed by atoms with Crippen LogP contribution in [0.3, 0.4) is 0 Å². The maximum absolute atomic E-state index is 12.7. The number of aromatic amines is 1. The molecule has 3 aromatic carbocycles. The van der Waals surface area contributed by atoms with Crippen LogP contribution in [0, 0.1) is 0 Å². The Kier molecular flexibility index (Phi) is 4.58. The smallest absolute Gasteiger partial charge is 0.261 e. The molecule has 0 unspecified atom stereocenters. The van der Waals surface area contributed by atoms with E-state index in [0.717, 1.165) is 10.9 Å². The minimum absolute atomic E-state index is 0.156. The fourth-order valence-corrected chi connectivity index (χ4v) is 4.00. The molecule has 7 heteroatoms. The molecule has 0 spiro atoms. The monoisotopic (exact) mass is 391 g/mol. The van der Waals surface area contributed by atoms with E-state index in [4.69, 9.17) is 0 Å². The Morgan fingerprint density at radius 3 is 2.46 bits per heavy atom. The first-order valence-corrected chi connectivity index (χ1v) is 10.1. The van der Waals surface area contributed by atoms with Gasteiger partial charge in [-0.05, 0) is 48.5 Å². The van der Waals surface area contributed by atoms with Crippen molar-refractivity contribution in [1.82, 2.24) is 4.98 Å². The van der Waals surface area contributed by atoms with Crippen LogP contribution >= 0.6 is 0 Å². The van der Waals surface area contributed by atoms with Crippen molar-refractivity contribution in [3.05, 3.63) is 90.6 Å². The van der Waals surface area contributed by atoms with Crippen LogP contribution < -0.4 is 10.0 Å². The normalized spacial score (nSPS) is 11.3. The number of anilines is 2. The summed E-state index contributed by atoms with van der Waals surface area (Å²) in [6.45, 7) is 0. The molecule has 140 valence electrons. The van der Waals surface area contributed by atoms with Gasteiger partial charge < -0.3 is 10.3 Å². The van der Waals surface area contributed by atoms with Gasteiger partial charge in [-0.3, -0.25) is 9.52 Å². The second-order valence-electron chi connectivity index (χ2n) is 6.20. The number of rotatable bonds is 5. The van der Waals surface area contributed by atoms with Crippen molar-refractivity contribution in [2.45, 2.75) is 4.90 Å². The molecule has 0 saturated carbocycles. The lowest BCUT2D eigenvalue weighted by atomic mass is 10.1. The predicted molar refractivity (Wildman–Crippen MR) is 110 cm³/mol. The highest BCUT2D eigenvalue weighted by Crippen LogP contribution is 2.23. The van der Waals surface area contributed by atoms with Gasteiger partial charge in [0.25, 0.3) is 15.9 Å². The van der Waals surface area contributed by atoms with Crippen molar-refractivity contribution in [2.75, 3.05) is 10.0 Å². The summed E-state index contributed by atoms with van der Waals surface area (Å²) in [7, 11) is -3.72. The van der Waals surface area contributed by atoms with E-state index >= 15 is 0 Å². The van der Waals surface area contributed by atoms with Crippen LogP contribution in [0.25, 0.3) is 10.9 Å². The molecule has 28 heavy (non-hydrogen) atoms. The van der Waals surface area contributed by atoms with Crippen LogP contribution in [0.15, 0.2) is 90.0 Å². The van der Waals surface area contributed by atoms with Gasteiger partial charge in [0.2, 0.25) is 0 Å². The molecule has 0 fully saturated rings. The van der Waals surface area contributed by atoms with Gasteiger partial charge in [-0.25, -0.2) is 8.42 Å². The maximum atomic E-state index is 12.7. The molecule has 0 aliphatic rings. The quantitative estimate of drug-likeness (QED) is 0.476. The molecule has 0 aliphatic carbocycles. The predicted octanol–water partition coefficient (Wildman–Crippen LogP) is 4.22. The molecule has 0 atom stereocenters. The molecule has 4 aromatic rings. The topological polar surface area (TPSA) is 91.1 Å². The number of nitrogens with one attached hydrogen (secondary N) is 3. The lowest BCUT2D eigenvalue weighted by Crippen LogP contribution is -2.15. The molecule has 0 saturated heterocycles. The summed E-state index contributed by atoms with van der Waals surface area (Å²) in [4.78, 5) is 15.9. The SMILES string of the molecule is O=C(Nc1cccc2[nH]ccc12)c1cccc(NS(=O)(=O)c2ccccc2)c1. The van der Waals surface area contributed by atoms with Crippen LogP contribution in [-0.4, -0.2) is 19.3 Å². The lowest BCUT2D eigenvalue weighted by molar-refractivity contribution is 0.102. The minimum atomic E-state index is -3.72. The summed E-state index contributed by atoms with van der Waals surface area (Å²) < 4.78 is 27.5. The zero-order chi connectivity index (χ0) is 19.6. The fourth-order valence-electron chi connectivity index (χ4n) is 2.93. The molecular formula is C21H17N3O3S. The Morgan fingerprint density at radius 1 is 0.857 bits per heavy atom. The van der Waals surface area contributed by atoms with Crippen LogP contribution in [0.2, 0.25) is 0 Å². The lowest BCUT2D eigenvalue weighted by Gasteiger charge is -2.10. The summed E-state index contributed by atoms with van der Waals surface area (Å²) in [5.41, 5.74) is 2.26. The number of sulfonamides is 1. The van der Waals surface area contributed by atoms with Gasteiger partial charge in [-0.15, -0.1) is 0 Å². The van der Waals surface area contributed by atoms with E-state index in [1.54, 1.807) is 42.6 Å². The number of carbonyl (C=O) groups is 1. The number of hydrogen-bond donors (Lipinski definition) is 3. The third kappa shape index (κ3) is 3.60. The molecule has 1 amide bonds. The molecule has 6 nitrogen and oxygen atoms in total. The Hall–Kier alpha value is -3.58. The summed E-state index contributed by atoms with van der Waals surface area (Å²) in [6, 6.07) is 21.9. The number of amides is 1. The molecule has 0 bridgehead atoms. The van der Waals surface area contributed by atoms with Crippen LogP contribution in [-0.2, 0) is 10.0 Å². The van der Waals surface area contributed by atoms with E-state index in [9.17, 15) is 13.2 Å². The van der Waals surface area contributed by atoms with E-state index in [2.05, 4.69) is 15.0 Å². The van der Waals surface area contributed by atoms with E-state index in [1.807, 2.05) is 24.3 Å². The van der Waals surface area contributed by atoms with Crippen molar-refractivity contribution < 1.29 is 13.2 Å². The summed E-state index contributed by atoms with van der Waals surface area (Å²) in [5, 5.41) is 3.77. The third-order valence-corrected chi connectivity index (χ3v) is 5.67. The van der Waals surface area contributed by atoms with Crippen molar-refractivity contribution in [3.8, 4) is 0 Å². The fraction of sp³-hybridized carbons (Fsp3) is 0. The minimum Gasteiger partial charge on any atom is -0.361 e. The number of fused-ring (bicyclic) bond motifs is 1. The number of carbonyl (C=O) groups excluding carboxylic acids is 1. The Morgan fingerprint density at radius 2 is 1.64 bits per heavy atom. The molecule has 0 radical (unpaired) electrons. The number of H-pyrrole nitrogens is 1. The first-order valence-electron chi connectivity index (χ1n) is 8.58. The van der Waals surface area contributed by atoms with Gasteiger partial charge in [0.1, 0.15) is 0 Å². The maximum Gasteiger partial charge on any atom is 0.261 e. The van der Waals surface area contributed by atoms with Gasteiger partial charge in [0.15, 0.2) is 0 Å². The van der Waals surface area contributed by atoms with E-state index < -0.39 is 10.0 Å². The molecule has 1 heterocycles. The highest BCUT2D eigenvalue weighted by molar-refractivity contribution is 7.92. The largest absolute Gasteiger partial charge is 0.361 e. The number of aromatic nitrogens is 1. The Balaban J connectivity index is 1.57. The second-order valence-corrected chi connectivity index (χ2v) is 7.88. The molecule has 1 aromatic heterocycles. The van der Waals surface area contributed by atoms with E-state index in [0.29, 0.717) is 16.9 Å². The number of benzene rings is 3. The van der Waals surface area contributed by atoms with Gasteiger partial charge in [-0.2, -0.15) is 0 Å². The first kappa shape index (κ1) is 17.8. The van der Waals surface area contributed by atoms with Gasteiger partial charge in [0, 0.05) is 28.4 Å². The molecule has 4 rings (SSSR count). The molecule has 0 aliphatic heterocycles. The van der Waals surface area contributed by atoms with E-state index in [1.165, 1.54) is 18.2 Å². The standard InChI is InChI=1S/C21H17N3O3S/c25-21(23-20-11-5-10-19-18(20)12-13-22-19)15-6-4-7-16(14-15)24-28(26,27)17-8-2-1-3-9-17/h1-14,22,24H,(H,23,25). The third-order valence-electron chi connectivity index (χ3n) is 4.27. The molecular weight excluding hydrogens is 374 g/mol. The Labute approximate surface area is 162 Å². The molecule has 3 N–H and O–H groups in total. The second kappa shape index (κ2) is 7.21. The van der Waals surface area contributed by atoms with Crippen molar-refractivity contribution >= 4 is 38.2 Å². The van der Waals surface area contributed by atoms with Crippen LogP contribution in [0.5, 0.6) is 0 Å². The van der Waals surface area contributed by atoms with Crippen molar-refractivity contribution in [3.63, 3.8) is 0 Å². The van der Waals surface area contributed by atoms with Gasteiger partial charge in [-0.1, -0.05) is 30.3 Å². The van der Waals surface area contributed by atoms with Crippen LogP contribution in [0.1, 0.15) is 10.4 Å². The van der Waals surface area contributed by atoms with Gasteiger partial charge in [0.05, 0.1) is 10.6 Å². The van der Waals surface area contributed by atoms with Crippen LogP contribution in [0.4, 0.5) is 11.4 Å². The summed E-state index contributed by atoms with van der Waals surface area (Å²) in [5.74, 6) is -0.325. The van der Waals surface area contributed by atoms with Crippen molar-refractivity contribution in [2.24, 2.45) is 0 Å².